The van der Waals surface area contributed by atoms with Gasteiger partial charge in [-0.25, -0.2) is 0 Å². The molecule has 1 aromatic rings. The quantitative estimate of drug-likeness (QED) is 0.620. The van der Waals surface area contributed by atoms with Crippen LogP contribution in [0.4, 0.5) is 5.88 Å². The van der Waals surface area contributed by atoms with Crippen molar-refractivity contribution in [3.8, 4) is 0 Å². The Labute approximate surface area is 54.7 Å². The van der Waals surface area contributed by atoms with Gasteiger partial charge >= 0.3 is 0 Å². The first kappa shape index (κ1) is 6.20. The zero-order valence-corrected chi connectivity index (χ0v) is 5.77. The van der Waals surface area contributed by atoms with Gasteiger partial charge < -0.3 is 10.2 Å². The lowest BCUT2D eigenvalue weighted by Gasteiger charge is -1.83. The largest absolute Gasteiger partial charge is 0.446 e. The Morgan fingerprint density at radius 2 is 2.33 bits per heavy atom. The summed E-state index contributed by atoms with van der Waals surface area (Å²) in [6.07, 6.45) is 0.915. The minimum atomic E-state index is 0.548. The van der Waals surface area contributed by atoms with Gasteiger partial charge in [-0.1, -0.05) is 6.92 Å². The summed E-state index contributed by atoms with van der Waals surface area (Å²) in [4.78, 5) is 0. The lowest BCUT2D eigenvalue weighted by atomic mass is 10.3. The number of nitrogen functional groups attached to an aromatic ring is 1. The van der Waals surface area contributed by atoms with E-state index in [1.807, 2.05) is 19.9 Å². The third-order valence-electron chi connectivity index (χ3n) is 1.36. The molecule has 0 aliphatic carbocycles. The zero-order valence-electron chi connectivity index (χ0n) is 5.77. The molecule has 0 unspecified atom stereocenters. The fourth-order valence-electron chi connectivity index (χ4n) is 0.738. The number of nitrogens with two attached hydrogens (primary N) is 1. The molecule has 0 saturated heterocycles. The van der Waals surface area contributed by atoms with Gasteiger partial charge in [0.05, 0.1) is 0 Å². The summed E-state index contributed by atoms with van der Waals surface area (Å²) in [7, 11) is 0. The van der Waals surface area contributed by atoms with E-state index >= 15 is 0 Å². The van der Waals surface area contributed by atoms with E-state index in [0.717, 1.165) is 17.7 Å². The molecule has 2 heteroatoms. The van der Waals surface area contributed by atoms with E-state index < -0.39 is 0 Å². The number of aryl methyl sites for hydroxylation is 2. The SMILES string of the molecule is CCc1cc(C)c(N)o1. The van der Waals surface area contributed by atoms with Crippen LogP contribution in [0.3, 0.4) is 0 Å². The van der Waals surface area contributed by atoms with Crippen molar-refractivity contribution in [2.24, 2.45) is 0 Å². The van der Waals surface area contributed by atoms with Crippen molar-refractivity contribution in [1.29, 1.82) is 0 Å². The van der Waals surface area contributed by atoms with Crippen LogP contribution >= 0.6 is 0 Å². The van der Waals surface area contributed by atoms with Crippen molar-refractivity contribution < 1.29 is 4.42 Å². The Hall–Kier alpha value is -0.920. The van der Waals surface area contributed by atoms with Gasteiger partial charge in [0.2, 0.25) is 0 Å². The molecule has 1 rings (SSSR count). The van der Waals surface area contributed by atoms with Crippen molar-refractivity contribution in [2.75, 3.05) is 5.73 Å². The summed E-state index contributed by atoms with van der Waals surface area (Å²) in [6, 6.07) is 1.97. The first-order valence-corrected chi connectivity index (χ1v) is 3.08. The van der Waals surface area contributed by atoms with E-state index in [1.165, 1.54) is 0 Å². The van der Waals surface area contributed by atoms with Crippen LogP contribution in [0.2, 0.25) is 0 Å². The van der Waals surface area contributed by atoms with Crippen molar-refractivity contribution in [1.82, 2.24) is 0 Å². The van der Waals surface area contributed by atoms with Crippen LogP contribution in [0.15, 0.2) is 10.5 Å². The molecule has 0 radical (unpaired) electrons. The van der Waals surface area contributed by atoms with Gasteiger partial charge in [0, 0.05) is 12.0 Å². The molecular formula is C7H11NO. The van der Waals surface area contributed by atoms with Crippen LogP contribution in [0, 0.1) is 6.92 Å². The van der Waals surface area contributed by atoms with Gasteiger partial charge in [0.25, 0.3) is 0 Å². The molecule has 0 saturated carbocycles. The highest BCUT2D eigenvalue weighted by Crippen LogP contribution is 2.15. The molecule has 0 fully saturated rings. The standard InChI is InChI=1S/C7H11NO/c1-3-6-4-5(2)7(8)9-6/h4H,3,8H2,1-2H3. The van der Waals surface area contributed by atoms with Gasteiger partial charge in [-0.3, -0.25) is 0 Å². The Kier molecular flexibility index (Phi) is 1.47. The van der Waals surface area contributed by atoms with E-state index in [-0.39, 0.29) is 0 Å². The molecule has 1 aromatic heterocycles. The monoisotopic (exact) mass is 125 g/mol. The van der Waals surface area contributed by atoms with E-state index in [1.54, 1.807) is 0 Å². The predicted octanol–water partition coefficient (Wildman–Crippen LogP) is 1.73. The average Bonchev–Trinajstić information content (AvgIpc) is 2.13. The maximum Gasteiger partial charge on any atom is 0.193 e. The predicted molar refractivity (Wildman–Crippen MR) is 37.2 cm³/mol. The molecule has 0 spiro atoms. The molecule has 0 aliphatic heterocycles. The van der Waals surface area contributed by atoms with Gasteiger partial charge in [-0.05, 0) is 13.0 Å². The second kappa shape index (κ2) is 2.13. The van der Waals surface area contributed by atoms with Crippen molar-refractivity contribution in [2.45, 2.75) is 20.3 Å². The van der Waals surface area contributed by atoms with E-state index in [0.29, 0.717) is 5.88 Å². The highest BCUT2D eigenvalue weighted by atomic mass is 16.4. The second-order valence-electron chi connectivity index (χ2n) is 2.11. The Morgan fingerprint density at radius 1 is 1.67 bits per heavy atom. The fraction of sp³-hybridized carbons (Fsp3) is 0.429. The Morgan fingerprint density at radius 3 is 2.56 bits per heavy atom. The van der Waals surface area contributed by atoms with Crippen LogP contribution in [0.5, 0.6) is 0 Å². The molecular weight excluding hydrogens is 114 g/mol. The van der Waals surface area contributed by atoms with Gasteiger partial charge in [0.1, 0.15) is 5.76 Å². The first-order valence-electron chi connectivity index (χ1n) is 3.08. The summed E-state index contributed by atoms with van der Waals surface area (Å²) >= 11 is 0. The summed E-state index contributed by atoms with van der Waals surface area (Å²) < 4.78 is 5.14. The van der Waals surface area contributed by atoms with Crippen molar-refractivity contribution in [3.63, 3.8) is 0 Å². The maximum atomic E-state index is 5.45. The normalized spacial score (nSPS) is 10.0. The summed E-state index contributed by atoms with van der Waals surface area (Å²) in [5.41, 5.74) is 6.48. The topological polar surface area (TPSA) is 39.2 Å². The van der Waals surface area contributed by atoms with Crippen molar-refractivity contribution >= 4 is 5.88 Å². The highest BCUT2D eigenvalue weighted by Gasteiger charge is 1.99. The third kappa shape index (κ3) is 1.07. The van der Waals surface area contributed by atoms with Crippen LogP contribution in [-0.2, 0) is 6.42 Å². The van der Waals surface area contributed by atoms with Crippen LogP contribution in [-0.4, -0.2) is 0 Å². The minimum Gasteiger partial charge on any atom is -0.446 e. The first-order chi connectivity index (χ1) is 4.24. The molecule has 0 aliphatic rings. The molecule has 9 heavy (non-hydrogen) atoms. The number of hydrogen-bond acceptors (Lipinski definition) is 2. The van der Waals surface area contributed by atoms with Gasteiger partial charge in [-0.2, -0.15) is 0 Å². The summed E-state index contributed by atoms with van der Waals surface area (Å²) in [5, 5.41) is 0. The molecule has 1 heterocycles. The zero-order chi connectivity index (χ0) is 6.85. The Balaban J connectivity index is 2.98. The number of rotatable bonds is 1. The van der Waals surface area contributed by atoms with Crippen LogP contribution < -0.4 is 5.73 Å². The van der Waals surface area contributed by atoms with E-state index in [9.17, 15) is 0 Å². The number of anilines is 1. The van der Waals surface area contributed by atoms with Crippen LogP contribution in [0.25, 0.3) is 0 Å². The maximum absolute atomic E-state index is 5.45. The lowest BCUT2D eigenvalue weighted by molar-refractivity contribution is 0.533. The third-order valence-corrected chi connectivity index (χ3v) is 1.36. The molecule has 0 aromatic carbocycles. The minimum absolute atomic E-state index is 0.548. The average molecular weight is 125 g/mol. The molecule has 2 nitrogen and oxygen atoms in total. The molecule has 0 atom stereocenters. The number of hydrogen-bond donors (Lipinski definition) is 1. The fourth-order valence-corrected chi connectivity index (χ4v) is 0.738. The smallest absolute Gasteiger partial charge is 0.193 e. The van der Waals surface area contributed by atoms with Gasteiger partial charge in [0.15, 0.2) is 5.88 Å². The summed E-state index contributed by atoms with van der Waals surface area (Å²) in [5.74, 6) is 1.51. The van der Waals surface area contributed by atoms with Crippen LogP contribution in [0.1, 0.15) is 18.2 Å². The van der Waals surface area contributed by atoms with E-state index in [2.05, 4.69) is 0 Å². The van der Waals surface area contributed by atoms with Gasteiger partial charge in [-0.15, -0.1) is 0 Å². The van der Waals surface area contributed by atoms with Crippen molar-refractivity contribution in [3.05, 3.63) is 17.4 Å². The molecule has 0 amide bonds. The molecule has 50 valence electrons. The molecule has 2 N–H and O–H groups in total. The van der Waals surface area contributed by atoms with E-state index in [4.69, 9.17) is 10.2 Å². The second-order valence-corrected chi connectivity index (χ2v) is 2.11. The number of furan rings is 1. The molecule has 0 bridgehead atoms. The Bertz CT molecular complexity index is 183. The highest BCUT2D eigenvalue weighted by molar-refractivity contribution is 5.36. The lowest BCUT2D eigenvalue weighted by Crippen LogP contribution is -1.80. The summed E-state index contributed by atoms with van der Waals surface area (Å²) in [6.45, 7) is 3.98.